The van der Waals surface area contributed by atoms with E-state index in [1.807, 2.05) is 0 Å². The number of amides is 1. The van der Waals surface area contributed by atoms with Crippen molar-refractivity contribution in [2.75, 3.05) is 58.9 Å². The zero-order valence-corrected chi connectivity index (χ0v) is 18.7. The van der Waals surface area contributed by atoms with Crippen molar-refractivity contribution in [1.82, 2.24) is 15.5 Å². The third-order valence-corrected chi connectivity index (χ3v) is 4.25. The monoisotopic (exact) mass is 511 g/mol. The van der Waals surface area contributed by atoms with Crippen molar-refractivity contribution in [2.45, 2.75) is 12.5 Å². The standard InChI is InChI=1S/C18H27F2N5O2.HI/c1-24(2)16(26)11-22-18(21-8-10-27-3)23-13-7-9-25(12-13)17-14(19)5-4-6-15(17)20;/h4-6,13H,7-12H2,1-3H3,(H2,21,22,23);1H. The topological polar surface area (TPSA) is 69.2 Å². The summed E-state index contributed by atoms with van der Waals surface area (Å²) >= 11 is 0. The zero-order valence-electron chi connectivity index (χ0n) is 16.4. The van der Waals surface area contributed by atoms with E-state index in [4.69, 9.17) is 4.74 Å². The van der Waals surface area contributed by atoms with Crippen molar-refractivity contribution in [2.24, 2.45) is 4.99 Å². The Hall–Kier alpha value is -1.69. The largest absolute Gasteiger partial charge is 0.383 e. The molecular weight excluding hydrogens is 483 g/mol. The van der Waals surface area contributed by atoms with Gasteiger partial charge in [0.25, 0.3) is 0 Å². The molecule has 1 saturated heterocycles. The van der Waals surface area contributed by atoms with E-state index in [0.29, 0.717) is 38.6 Å². The van der Waals surface area contributed by atoms with E-state index in [1.165, 1.54) is 23.1 Å². The van der Waals surface area contributed by atoms with Crippen LogP contribution in [0.25, 0.3) is 0 Å². The average Bonchev–Trinajstić information content (AvgIpc) is 3.07. The van der Waals surface area contributed by atoms with Crippen molar-refractivity contribution in [1.29, 1.82) is 0 Å². The van der Waals surface area contributed by atoms with E-state index in [2.05, 4.69) is 15.6 Å². The van der Waals surface area contributed by atoms with Gasteiger partial charge in [0, 0.05) is 46.9 Å². The summed E-state index contributed by atoms with van der Waals surface area (Å²) in [5.74, 6) is -0.786. The molecule has 1 aromatic rings. The van der Waals surface area contributed by atoms with Crippen LogP contribution in [-0.4, -0.2) is 76.8 Å². The minimum atomic E-state index is -0.570. The van der Waals surface area contributed by atoms with E-state index in [0.717, 1.165) is 0 Å². The Labute approximate surface area is 181 Å². The Balaban J connectivity index is 0.00000392. The van der Waals surface area contributed by atoms with E-state index < -0.39 is 11.6 Å². The highest BCUT2D eigenvalue weighted by Crippen LogP contribution is 2.26. The quantitative estimate of drug-likeness (QED) is 0.251. The molecule has 28 heavy (non-hydrogen) atoms. The van der Waals surface area contributed by atoms with Gasteiger partial charge in [-0.25, -0.2) is 13.8 Å². The number of nitrogens with one attached hydrogen (secondary N) is 2. The summed E-state index contributed by atoms with van der Waals surface area (Å²) < 4.78 is 33.0. The minimum absolute atomic E-state index is 0. The van der Waals surface area contributed by atoms with Crippen LogP contribution in [0.15, 0.2) is 23.2 Å². The van der Waals surface area contributed by atoms with Gasteiger partial charge in [0.2, 0.25) is 5.91 Å². The molecule has 10 heteroatoms. The zero-order chi connectivity index (χ0) is 19.8. The second kappa shape index (κ2) is 12.0. The number of hydrogen-bond acceptors (Lipinski definition) is 4. The normalized spacial score (nSPS) is 16.5. The van der Waals surface area contributed by atoms with E-state index in [1.54, 1.807) is 26.1 Å². The average molecular weight is 511 g/mol. The van der Waals surface area contributed by atoms with Crippen LogP contribution in [0.5, 0.6) is 0 Å². The van der Waals surface area contributed by atoms with Crippen molar-refractivity contribution >= 4 is 41.5 Å². The number of guanidine groups is 1. The fourth-order valence-electron chi connectivity index (χ4n) is 2.78. The molecule has 1 aromatic carbocycles. The van der Waals surface area contributed by atoms with Gasteiger partial charge in [-0.05, 0) is 18.6 Å². The second-order valence-electron chi connectivity index (χ2n) is 6.52. The first-order valence-corrected chi connectivity index (χ1v) is 8.85. The summed E-state index contributed by atoms with van der Waals surface area (Å²) in [6.07, 6.45) is 0.695. The lowest BCUT2D eigenvalue weighted by molar-refractivity contribution is -0.127. The van der Waals surface area contributed by atoms with Crippen molar-refractivity contribution in [3.63, 3.8) is 0 Å². The molecule has 1 amide bonds. The Kier molecular flexibility index (Phi) is 10.4. The van der Waals surface area contributed by atoms with Crippen molar-refractivity contribution < 1.29 is 18.3 Å². The van der Waals surface area contributed by atoms with E-state index in [-0.39, 0.29) is 48.2 Å². The lowest BCUT2D eigenvalue weighted by Gasteiger charge is -2.21. The van der Waals surface area contributed by atoms with Crippen molar-refractivity contribution in [3.8, 4) is 0 Å². The second-order valence-corrected chi connectivity index (χ2v) is 6.52. The summed E-state index contributed by atoms with van der Waals surface area (Å²) in [5.41, 5.74) is -0.00424. The molecule has 0 aromatic heterocycles. The Morgan fingerprint density at radius 2 is 2.04 bits per heavy atom. The number of rotatable bonds is 7. The molecule has 2 rings (SSSR count). The van der Waals surface area contributed by atoms with Crippen LogP contribution in [0.1, 0.15) is 6.42 Å². The Bertz CT molecular complexity index is 655. The summed E-state index contributed by atoms with van der Waals surface area (Å²) in [6, 6.07) is 3.81. The van der Waals surface area contributed by atoms with Crippen LogP contribution in [0.3, 0.4) is 0 Å². The van der Waals surface area contributed by atoms with Crippen LogP contribution in [0.2, 0.25) is 0 Å². The number of aliphatic imine (C=N–C) groups is 1. The third kappa shape index (κ3) is 7.04. The Morgan fingerprint density at radius 3 is 2.64 bits per heavy atom. The predicted octanol–water partition coefficient (Wildman–Crippen LogP) is 1.43. The molecule has 0 saturated carbocycles. The van der Waals surface area contributed by atoms with Crippen LogP contribution in [0.4, 0.5) is 14.5 Å². The molecule has 1 aliphatic heterocycles. The van der Waals surface area contributed by atoms with Gasteiger partial charge in [-0.3, -0.25) is 4.79 Å². The minimum Gasteiger partial charge on any atom is -0.383 e. The first-order valence-electron chi connectivity index (χ1n) is 8.85. The van der Waals surface area contributed by atoms with Gasteiger partial charge in [-0.1, -0.05) is 6.07 Å². The lowest BCUT2D eigenvalue weighted by atomic mass is 10.2. The van der Waals surface area contributed by atoms with Gasteiger partial charge in [0.1, 0.15) is 23.9 Å². The Morgan fingerprint density at radius 1 is 1.36 bits per heavy atom. The number of para-hydroxylation sites is 1. The highest BCUT2D eigenvalue weighted by molar-refractivity contribution is 14.0. The number of methoxy groups -OCH3 is 1. The number of likely N-dealkylation sites (N-methyl/N-ethyl adjacent to an activating group) is 1. The maximum atomic E-state index is 14.0. The van der Waals surface area contributed by atoms with E-state index in [9.17, 15) is 13.6 Å². The molecule has 2 N–H and O–H groups in total. The van der Waals surface area contributed by atoms with Gasteiger partial charge < -0.3 is 25.2 Å². The number of carbonyl (C=O) groups is 1. The lowest BCUT2D eigenvalue weighted by Crippen LogP contribution is -2.46. The number of hydrogen-bond donors (Lipinski definition) is 2. The first kappa shape index (κ1) is 24.3. The third-order valence-electron chi connectivity index (χ3n) is 4.25. The summed E-state index contributed by atoms with van der Waals surface area (Å²) in [4.78, 5) is 19.2. The van der Waals surface area contributed by atoms with Crippen LogP contribution < -0.4 is 15.5 Å². The highest BCUT2D eigenvalue weighted by atomic mass is 127. The van der Waals surface area contributed by atoms with Crippen LogP contribution in [-0.2, 0) is 9.53 Å². The van der Waals surface area contributed by atoms with Crippen LogP contribution >= 0.6 is 24.0 Å². The molecule has 158 valence electrons. The molecule has 7 nitrogen and oxygen atoms in total. The van der Waals surface area contributed by atoms with Gasteiger partial charge in [-0.2, -0.15) is 0 Å². The van der Waals surface area contributed by atoms with Gasteiger partial charge in [-0.15, -0.1) is 24.0 Å². The molecule has 0 bridgehead atoms. The smallest absolute Gasteiger partial charge is 0.243 e. The number of ether oxygens (including phenoxy) is 1. The maximum Gasteiger partial charge on any atom is 0.243 e. The molecule has 0 radical (unpaired) electrons. The summed E-state index contributed by atoms with van der Waals surface area (Å²) in [6.45, 7) is 1.98. The van der Waals surface area contributed by atoms with Crippen molar-refractivity contribution in [3.05, 3.63) is 29.8 Å². The van der Waals surface area contributed by atoms with Gasteiger partial charge >= 0.3 is 0 Å². The molecule has 1 atom stereocenters. The molecule has 1 fully saturated rings. The van der Waals surface area contributed by atoms with Gasteiger partial charge in [0.05, 0.1) is 6.61 Å². The predicted molar refractivity (Wildman–Crippen MR) is 116 cm³/mol. The van der Waals surface area contributed by atoms with E-state index >= 15 is 0 Å². The summed E-state index contributed by atoms with van der Waals surface area (Å²) in [5, 5.41) is 6.33. The number of nitrogens with zero attached hydrogens (tertiary/aromatic N) is 3. The first-order chi connectivity index (χ1) is 12.9. The van der Waals surface area contributed by atoms with Gasteiger partial charge in [0.15, 0.2) is 5.96 Å². The molecule has 1 aliphatic rings. The number of anilines is 1. The number of carbonyl (C=O) groups excluding carboxylic acids is 1. The molecule has 1 heterocycles. The SMILES string of the molecule is COCCNC(=NCC(=O)N(C)C)NC1CCN(c2c(F)cccc2F)C1.I. The number of benzene rings is 1. The fraction of sp³-hybridized carbons (Fsp3) is 0.556. The molecule has 0 aliphatic carbocycles. The molecule has 1 unspecified atom stereocenters. The molecular formula is C18H28F2IN5O2. The molecule has 0 spiro atoms. The fourth-order valence-corrected chi connectivity index (χ4v) is 2.78. The summed E-state index contributed by atoms with van der Waals surface area (Å²) in [7, 11) is 4.93. The van der Waals surface area contributed by atoms with Crippen LogP contribution in [0, 0.1) is 11.6 Å². The highest BCUT2D eigenvalue weighted by Gasteiger charge is 2.27. The maximum absolute atomic E-state index is 14.0. The number of halogens is 3.